The average Bonchev–Trinajstić information content (AvgIpc) is 3.18. The number of fused-ring (bicyclic) bond motifs is 1. The highest BCUT2D eigenvalue weighted by atomic mass is 16.5. The highest BCUT2D eigenvalue weighted by Gasteiger charge is 2.24. The van der Waals surface area contributed by atoms with E-state index in [-0.39, 0.29) is 5.92 Å². The second-order valence-electron chi connectivity index (χ2n) is 6.31. The van der Waals surface area contributed by atoms with Crippen LogP contribution in [0.25, 0.3) is 22.4 Å². The molecule has 1 fully saturated rings. The normalized spacial score (nSPS) is 18.0. The first-order valence-electron chi connectivity index (χ1n) is 7.92. The summed E-state index contributed by atoms with van der Waals surface area (Å²) in [6, 6.07) is 6.30. The second kappa shape index (κ2) is 5.42. The molecule has 4 rings (SSSR count). The lowest BCUT2D eigenvalue weighted by Crippen LogP contribution is -1.99. The first-order valence-corrected chi connectivity index (χ1v) is 7.92. The zero-order chi connectivity index (χ0) is 16.0. The smallest absolute Gasteiger partial charge is 0.258 e. The first-order chi connectivity index (χ1) is 11.1. The van der Waals surface area contributed by atoms with Crippen LogP contribution in [-0.2, 0) is 4.74 Å². The Morgan fingerprint density at radius 1 is 1.09 bits per heavy atom. The van der Waals surface area contributed by atoms with Crippen LogP contribution in [0.1, 0.15) is 35.0 Å². The third-order valence-corrected chi connectivity index (χ3v) is 4.34. The number of rotatable bonds is 2. The molecule has 23 heavy (non-hydrogen) atoms. The van der Waals surface area contributed by atoms with E-state index >= 15 is 0 Å². The summed E-state index contributed by atoms with van der Waals surface area (Å²) in [6.45, 7) is 7.60. The zero-order valence-electron chi connectivity index (χ0n) is 13.6. The zero-order valence-corrected chi connectivity index (χ0v) is 13.6. The van der Waals surface area contributed by atoms with Crippen molar-refractivity contribution in [2.45, 2.75) is 33.1 Å². The summed E-state index contributed by atoms with van der Waals surface area (Å²) in [5.74, 6) is 1.54. The Labute approximate surface area is 134 Å². The summed E-state index contributed by atoms with van der Waals surface area (Å²) in [7, 11) is 0. The number of benzene rings is 1. The van der Waals surface area contributed by atoms with Gasteiger partial charge in [-0.25, -0.2) is 0 Å². The number of nitrogens with zero attached hydrogens (tertiary/aromatic N) is 3. The monoisotopic (exact) mass is 309 g/mol. The van der Waals surface area contributed by atoms with Gasteiger partial charge in [-0.3, -0.25) is 4.98 Å². The molecule has 0 aliphatic carbocycles. The third kappa shape index (κ3) is 2.51. The van der Waals surface area contributed by atoms with E-state index in [9.17, 15) is 0 Å². The molecule has 2 aromatic heterocycles. The van der Waals surface area contributed by atoms with Crippen molar-refractivity contribution in [2.24, 2.45) is 0 Å². The largest absolute Gasteiger partial charge is 0.381 e. The molecule has 5 heteroatoms. The molecule has 0 saturated carbocycles. The molecule has 0 spiro atoms. The van der Waals surface area contributed by atoms with E-state index in [2.05, 4.69) is 41.1 Å². The number of pyridine rings is 1. The molecule has 0 bridgehead atoms. The topological polar surface area (TPSA) is 61.0 Å². The number of hydrogen-bond donors (Lipinski definition) is 0. The molecule has 0 amide bonds. The van der Waals surface area contributed by atoms with Crippen LogP contribution < -0.4 is 0 Å². The standard InChI is InChI=1S/C18H19N3O2/c1-10-6-11(2)16-14(7-10)15(8-12(3)19-16)18-20-17(21-23-18)13-4-5-22-9-13/h6-8,13H,4-5,9H2,1-3H3. The number of aromatic nitrogens is 3. The third-order valence-electron chi connectivity index (χ3n) is 4.34. The summed E-state index contributed by atoms with van der Waals surface area (Å²) in [4.78, 5) is 9.30. The van der Waals surface area contributed by atoms with Crippen molar-refractivity contribution in [3.8, 4) is 11.5 Å². The van der Waals surface area contributed by atoms with Gasteiger partial charge in [0.05, 0.1) is 17.7 Å². The lowest BCUT2D eigenvalue weighted by molar-refractivity contribution is 0.192. The molecular weight excluding hydrogens is 290 g/mol. The van der Waals surface area contributed by atoms with E-state index in [0.717, 1.165) is 46.6 Å². The summed E-state index contributed by atoms with van der Waals surface area (Å²) in [5, 5.41) is 5.23. The maximum absolute atomic E-state index is 5.56. The van der Waals surface area contributed by atoms with Gasteiger partial charge in [0.1, 0.15) is 0 Å². The fraction of sp³-hybridized carbons (Fsp3) is 0.389. The quantitative estimate of drug-likeness (QED) is 0.722. The molecular formula is C18H19N3O2. The van der Waals surface area contributed by atoms with E-state index < -0.39 is 0 Å². The van der Waals surface area contributed by atoms with Crippen molar-refractivity contribution in [3.05, 3.63) is 40.8 Å². The van der Waals surface area contributed by atoms with Gasteiger partial charge in [0, 0.05) is 23.6 Å². The number of hydrogen-bond acceptors (Lipinski definition) is 5. The summed E-state index contributed by atoms with van der Waals surface area (Å²) in [6.07, 6.45) is 0.952. The molecule has 3 aromatic rings. The molecule has 1 aliphatic heterocycles. The van der Waals surface area contributed by atoms with Crippen molar-refractivity contribution < 1.29 is 9.26 Å². The molecule has 1 unspecified atom stereocenters. The fourth-order valence-corrected chi connectivity index (χ4v) is 3.23. The second-order valence-corrected chi connectivity index (χ2v) is 6.31. The summed E-state index contributed by atoms with van der Waals surface area (Å²) >= 11 is 0. The van der Waals surface area contributed by atoms with Crippen molar-refractivity contribution >= 4 is 10.9 Å². The summed E-state index contributed by atoms with van der Waals surface area (Å²) in [5.41, 5.74) is 5.26. The maximum Gasteiger partial charge on any atom is 0.258 e. The Morgan fingerprint density at radius 3 is 2.74 bits per heavy atom. The van der Waals surface area contributed by atoms with Crippen LogP contribution in [-0.4, -0.2) is 28.3 Å². The average molecular weight is 309 g/mol. The molecule has 3 heterocycles. The Bertz CT molecular complexity index is 879. The van der Waals surface area contributed by atoms with Crippen LogP contribution in [0.4, 0.5) is 0 Å². The van der Waals surface area contributed by atoms with Crippen LogP contribution in [0.2, 0.25) is 0 Å². The van der Waals surface area contributed by atoms with Gasteiger partial charge in [0.15, 0.2) is 5.82 Å². The van der Waals surface area contributed by atoms with Crippen LogP contribution >= 0.6 is 0 Å². The van der Waals surface area contributed by atoms with Gasteiger partial charge < -0.3 is 9.26 Å². The highest BCUT2D eigenvalue weighted by molar-refractivity contribution is 5.94. The van der Waals surface area contributed by atoms with E-state index in [0.29, 0.717) is 12.5 Å². The minimum atomic E-state index is 0.241. The lowest BCUT2D eigenvalue weighted by atomic mass is 10.0. The van der Waals surface area contributed by atoms with Gasteiger partial charge in [-0.15, -0.1) is 0 Å². The Balaban J connectivity index is 1.88. The van der Waals surface area contributed by atoms with Crippen molar-refractivity contribution in [1.82, 2.24) is 15.1 Å². The molecule has 1 aromatic carbocycles. The van der Waals surface area contributed by atoms with Crippen molar-refractivity contribution in [3.63, 3.8) is 0 Å². The molecule has 1 atom stereocenters. The SMILES string of the molecule is Cc1cc(C)c2nc(C)cc(-c3nc(C4CCOC4)no3)c2c1. The Morgan fingerprint density at radius 2 is 1.96 bits per heavy atom. The number of ether oxygens (including phenoxy) is 1. The van der Waals surface area contributed by atoms with Crippen LogP contribution in [0, 0.1) is 20.8 Å². The Kier molecular flexibility index (Phi) is 3.38. The van der Waals surface area contributed by atoms with Crippen LogP contribution in [0.3, 0.4) is 0 Å². The molecule has 1 aliphatic rings. The van der Waals surface area contributed by atoms with Gasteiger partial charge in [0.25, 0.3) is 5.89 Å². The minimum absolute atomic E-state index is 0.241. The summed E-state index contributed by atoms with van der Waals surface area (Å²) < 4.78 is 11.0. The predicted molar refractivity (Wildman–Crippen MR) is 87.4 cm³/mol. The predicted octanol–water partition coefficient (Wildman–Crippen LogP) is 3.71. The highest BCUT2D eigenvalue weighted by Crippen LogP contribution is 2.32. The van der Waals surface area contributed by atoms with Gasteiger partial charge >= 0.3 is 0 Å². The maximum atomic E-state index is 5.56. The van der Waals surface area contributed by atoms with E-state index in [1.807, 2.05) is 13.0 Å². The van der Waals surface area contributed by atoms with E-state index in [1.54, 1.807) is 0 Å². The van der Waals surface area contributed by atoms with Gasteiger partial charge in [-0.05, 0) is 44.9 Å². The molecule has 0 radical (unpaired) electrons. The van der Waals surface area contributed by atoms with E-state index in [4.69, 9.17) is 9.26 Å². The minimum Gasteiger partial charge on any atom is -0.381 e. The van der Waals surface area contributed by atoms with Crippen LogP contribution in [0.5, 0.6) is 0 Å². The van der Waals surface area contributed by atoms with Crippen molar-refractivity contribution in [2.75, 3.05) is 13.2 Å². The van der Waals surface area contributed by atoms with Gasteiger partial charge in [0.2, 0.25) is 0 Å². The van der Waals surface area contributed by atoms with Gasteiger partial charge in [-0.1, -0.05) is 16.8 Å². The molecule has 5 nitrogen and oxygen atoms in total. The molecule has 0 N–H and O–H groups in total. The molecule has 1 saturated heterocycles. The van der Waals surface area contributed by atoms with Crippen molar-refractivity contribution in [1.29, 1.82) is 0 Å². The lowest BCUT2D eigenvalue weighted by Gasteiger charge is -2.08. The number of aryl methyl sites for hydroxylation is 3. The van der Waals surface area contributed by atoms with Gasteiger partial charge in [-0.2, -0.15) is 4.98 Å². The molecule has 118 valence electrons. The Hall–Kier alpha value is -2.27. The van der Waals surface area contributed by atoms with E-state index in [1.165, 1.54) is 5.56 Å². The first kappa shape index (κ1) is 14.3. The fourth-order valence-electron chi connectivity index (χ4n) is 3.23. The van der Waals surface area contributed by atoms with Crippen LogP contribution in [0.15, 0.2) is 22.7 Å².